The van der Waals surface area contributed by atoms with E-state index in [0.717, 1.165) is 21.9 Å². The predicted molar refractivity (Wildman–Crippen MR) is 123 cm³/mol. The molecule has 0 saturated carbocycles. The molecule has 6 heteroatoms. The lowest BCUT2D eigenvalue weighted by molar-refractivity contribution is -0.145. The van der Waals surface area contributed by atoms with Crippen molar-refractivity contribution in [2.45, 2.75) is 20.8 Å². The molecule has 32 heavy (non-hydrogen) atoms. The van der Waals surface area contributed by atoms with Gasteiger partial charge in [-0.05, 0) is 79.1 Å². The zero-order chi connectivity index (χ0) is 22.9. The SMILES string of the molecule is CCOC(=O)/C=C(/C)c1ccc(Oc2ccc3ccc(OCC(=O)OCC)cc3c2)cc1. The summed E-state index contributed by atoms with van der Waals surface area (Å²) in [5.41, 5.74) is 1.73. The van der Waals surface area contributed by atoms with E-state index >= 15 is 0 Å². The molecule has 0 aliphatic rings. The van der Waals surface area contributed by atoms with Gasteiger partial charge < -0.3 is 18.9 Å². The van der Waals surface area contributed by atoms with Gasteiger partial charge in [0.05, 0.1) is 13.2 Å². The van der Waals surface area contributed by atoms with Crippen LogP contribution in [0.4, 0.5) is 0 Å². The summed E-state index contributed by atoms with van der Waals surface area (Å²) in [6, 6.07) is 18.8. The minimum Gasteiger partial charge on any atom is -0.482 e. The molecule has 166 valence electrons. The average Bonchev–Trinajstić information content (AvgIpc) is 2.78. The molecule has 0 aliphatic carbocycles. The zero-order valence-corrected chi connectivity index (χ0v) is 18.4. The first-order valence-electron chi connectivity index (χ1n) is 10.4. The van der Waals surface area contributed by atoms with Gasteiger partial charge in [0.1, 0.15) is 17.2 Å². The smallest absolute Gasteiger partial charge is 0.344 e. The molecule has 0 bridgehead atoms. The Balaban J connectivity index is 1.70. The van der Waals surface area contributed by atoms with E-state index in [1.54, 1.807) is 13.8 Å². The van der Waals surface area contributed by atoms with Crippen molar-refractivity contribution in [1.82, 2.24) is 0 Å². The lowest BCUT2D eigenvalue weighted by Crippen LogP contribution is -2.14. The first-order valence-corrected chi connectivity index (χ1v) is 10.4. The molecule has 0 radical (unpaired) electrons. The van der Waals surface area contributed by atoms with Crippen LogP contribution in [0.15, 0.2) is 66.7 Å². The Bertz CT molecular complexity index is 1110. The maximum Gasteiger partial charge on any atom is 0.344 e. The predicted octanol–water partition coefficient (Wildman–Crippen LogP) is 5.54. The Hall–Kier alpha value is -3.80. The first-order chi connectivity index (χ1) is 15.5. The van der Waals surface area contributed by atoms with Gasteiger partial charge in [-0.15, -0.1) is 0 Å². The Morgan fingerprint density at radius 3 is 2.09 bits per heavy atom. The lowest BCUT2D eigenvalue weighted by atomic mass is 10.1. The second-order valence-corrected chi connectivity index (χ2v) is 6.97. The van der Waals surface area contributed by atoms with Crippen LogP contribution in [0.5, 0.6) is 17.2 Å². The monoisotopic (exact) mass is 434 g/mol. The topological polar surface area (TPSA) is 71.1 Å². The summed E-state index contributed by atoms with van der Waals surface area (Å²) < 4.78 is 21.3. The molecule has 0 aliphatic heterocycles. The van der Waals surface area contributed by atoms with E-state index in [2.05, 4.69) is 0 Å². The highest BCUT2D eigenvalue weighted by atomic mass is 16.6. The van der Waals surface area contributed by atoms with Crippen molar-refractivity contribution in [3.63, 3.8) is 0 Å². The van der Waals surface area contributed by atoms with E-state index in [0.29, 0.717) is 30.5 Å². The van der Waals surface area contributed by atoms with Crippen LogP contribution in [0, 0.1) is 0 Å². The van der Waals surface area contributed by atoms with Gasteiger partial charge in [-0.3, -0.25) is 0 Å². The molecule has 0 saturated heterocycles. The Morgan fingerprint density at radius 2 is 1.41 bits per heavy atom. The fraction of sp³-hybridized carbons (Fsp3) is 0.231. The molecule has 3 aromatic rings. The second-order valence-electron chi connectivity index (χ2n) is 6.97. The highest BCUT2D eigenvalue weighted by molar-refractivity contribution is 5.91. The molecule has 3 rings (SSSR count). The number of carbonyl (C=O) groups is 2. The van der Waals surface area contributed by atoms with E-state index in [4.69, 9.17) is 18.9 Å². The molecule has 0 fully saturated rings. The van der Waals surface area contributed by atoms with E-state index in [9.17, 15) is 9.59 Å². The Kier molecular flexibility index (Phi) is 7.86. The number of hydrogen-bond acceptors (Lipinski definition) is 6. The third-order valence-corrected chi connectivity index (χ3v) is 4.61. The number of rotatable bonds is 9. The van der Waals surface area contributed by atoms with Crippen molar-refractivity contribution < 1.29 is 28.5 Å². The summed E-state index contributed by atoms with van der Waals surface area (Å²) in [7, 11) is 0. The summed E-state index contributed by atoms with van der Waals surface area (Å²) in [5, 5.41) is 1.95. The van der Waals surface area contributed by atoms with Gasteiger partial charge in [0, 0.05) is 6.08 Å². The molecular formula is C26H26O6. The molecule has 0 spiro atoms. The Morgan fingerprint density at radius 1 is 0.781 bits per heavy atom. The van der Waals surface area contributed by atoms with Gasteiger partial charge in [0.15, 0.2) is 6.61 Å². The summed E-state index contributed by atoms with van der Waals surface area (Å²) in [6.07, 6.45) is 1.48. The van der Waals surface area contributed by atoms with Crippen LogP contribution in [0.2, 0.25) is 0 Å². The highest BCUT2D eigenvalue weighted by Crippen LogP contribution is 2.29. The van der Waals surface area contributed by atoms with Crippen LogP contribution < -0.4 is 9.47 Å². The normalized spacial score (nSPS) is 11.2. The quantitative estimate of drug-likeness (QED) is 0.325. The van der Waals surface area contributed by atoms with Crippen molar-refractivity contribution in [1.29, 1.82) is 0 Å². The van der Waals surface area contributed by atoms with Crippen molar-refractivity contribution in [3.8, 4) is 17.2 Å². The van der Waals surface area contributed by atoms with Crippen LogP contribution in [0.3, 0.4) is 0 Å². The van der Waals surface area contributed by atoms with E-state index in [-0.39, 0.29) is 12.6 Å². The molecule has 0 heterocycles. The van der Waals surface area contributed by atoms with Crippen molar-refractivity contribution in [3.05, 3.63) is 72.3 Å². The third kappa shape index (κ3) is 6.35. The highest BCUT2D eigenvalue weighted by Gasteiger charge is 2.06. The van der Waals surface area contributed by atoms with E-state index in [1.165, 1.54) is 6.08 Å². The molecule has 0 atom stereocenters. The van der Waals surface area contributed by atoms with Gasteiger partial charge in [-0.1, -0.05) is 24.3 Å². The molecule has 0 amide bonds. The number of ether oxygens (including phenoxy) is 4. The maximum atomic E-state index is 11.6. The fourth-order valence-corrected chi connectivity index (χ4v) is 3.07. The molecule has 0 unspecified atom stereocenters. The van der Waals surface area contributed by atoms with E-state index in [1.807, 2.05) is 67.6 Å². The van der Waals surface area contributed by atoms with Gasteiger partial charge in [-0.2, -0.15) is 0 Å². The lowest BCUT2D eigenvalue weighted by Gasteiger charge is -2.10. The van der Waals surface area contributed by atoms with Crippen molar-refractivity contribution in [2.75, 3.05) is 19.8 Å². The number of hydrogen-bond donors (Lipinski definition) is 0. The van der Waals surface area contributed by atoms with Crippen molar-refractivity contribution in [2.24, 2.45) is 0 Å². The molecule has 0 aromatic heterocycles. The Labute approximate surface area is 187 Å². The summed E-state index contributed by atoms with van der Waals surface area (Å²) in [5.74, 6) is 1.17. The number of benzene rings is 3. The van der Waals surface area contributed by atoms with Crippen LogP contribution >= 0.6 is 0 Å². The maximum absolute atomic E-state index is 11.6. The zero-order valence-electron chi connectivity index (χ0n) is 18.4. The van der Waals surface area contributed by atoms with Gasteiger partial charge in [0.2, 0.25) is 0 Å². The van der Waals surface area contributed by atoms with Gasteiger partial charge >= 0.3 is 11.9 Å². The largest absolute Gasteiger partial charge is 0.482 e. The van der Waals surface area contributed by atoms with Gasteiger partial charge in [0.25, 0.3) is 0 Å². The van der Waals surface area contributed by atoms with E-state index < -0.39 is 5.97 Å². The minimum absolute atomic E-state index is 0.133. The molecular weight excluding hydrogens is 408 g/mol. The number of esters is 2. The molecule has 3 aromatic carbocycles. The average molecular weight is 434 g/mol. The van der Waals surface area contributed by atoms with Crippen LogP contribution in [-0.2, 0) is 19.1 Å². The number of carbonyl (C=O) groups excluding carboxylic acids is 2. The second kappa shape index (κ2) is 11.0. The molecule has 6 nitrogen and oxygen atoms in total. The third-order valence-electron chi connectivity index (χ3n) is 4.61. The summed E-state index contributed by atoms with van der Waals surface area (Å²) in [4.78, 5) is 23.1. The van der Waals surface area contributed by atoms with Crippen molar-refractivity contribution >= 4 is 28.3 Å². The summed E-state index contributed by atoms with van der Waals surface area (Å²) in [6.45, 7) is 5.92. The van der Waals surface area contributed by atoms with Gasteiger partial charge in [-0.25, -0.2) is 9.59 Å². The number of allylic oxidation sites excluding steroid dienone is 1. The molecule has 0 N–H and O–H groups in total. The van der Waals surface area contributed by atoms with Crippen LogP contribution in [0.1, 0.15) is 26.3 Å². The van der Waals surface area contributed by atoms with Crippen LogP contribution in [-0.4, -0.2) is 31.8 Å². The first kappa shape index (κ1) is 22.9. The number of fused-ring (bicyclic) bond motifs is 1. The fourth-order valence-electron chi connectivity index (χ4n) is 3.07. The summed E-state index contributed by atoms with van der Waals surface area (Å²) >= 11 is 0. The standard InChI is InChI=1S/C26H26O6/c1-4-29-25(27)14-18(3)19-6-10-22(11-7-19)32-24-13-9-20-8-12-23(15-21(20)16-24)31-17-26(28)30-5-2/h6-16H,4-5,17H2,1-3H3/b18-14-. The minimum atomic E-state index is -0.402. The van der Waals surface area contributed by atoms with Crippen LogP contribution in [0.25, 0.3) is 16.3 Å².